The zero-order valence-corrected chi connectivity index (χ0v) is 17.7. The molecule has 2 aromatic heterocycles. The number of hydrogen-bond acceptors (Lipinski definition) is 7. The number of rotatable bonds is 7. The van der Waals surface area contributed by atoms with Crippen LogP contribution in [0.1, 0.15) is 19.3 Å². The number of nitrogens with one attached hydrogen (secondary N) is 3. The lowest BCUT2D eigenvalue weighted by Gasteiger charge is -2.25. The van der Waals surface area contributed by atoms with Crippen LogP contribution in [0.2, 0.25) is 5.02 Å². The van der Waals surface area contributed by atoms with E-state index < -0.39 is 9.84 Å². The molecule has 29 heavy (non-hydrogen) atoms. The Hall–Kier alpha value is -2.52. The second kappa shape index (κ2) is 7.72. The molecule has 2 heterocycles. The van der Waals surface area contributed by atoms with Crippen LogP contribution in [0, 0.1) is 5.92 Å². The Bertz CT molecular complexity index is 1160. The molecule has 0 spiro atoms. The highest BCUT2D eigenvalue weighted by Crippen LogP contribution is 2.34. The normalized spacial score (nSPS) is 14.6. The smallest absolute Gasteiger partial charge is 0.231 e. The molecular formula is C19H22ClN5O3S. The van der Waals surface area contributed by atoms with Crippen LogP contribution in [-0.2, 0) is 9.84 Å². The predicted octanol–water partition coefficient (Wildman–Crippen LogP) is 3.98. The van der Waals surface area contributed by atoms with Gasteiger partial charge in [-0.1, -0.05) is 18.0 Å². The monoisotopic (exact) mass is 435 g/mol. The van der Waals surface area contributed by atoms with Gasteiger partial charge in [0.2, 0.25) is 5.95 Å². The first-order valence-corrected chi connectivity index (χ1v) is 11.6. The quantitative estimate of drug-likeness (QED) is 0.515. The zero-order valence-electron chi connectivity index (χ0n) is 16.1. The molecule has 3 N–H and O–H groups in total. The molecular weight excluding hydrogens is 414 g/mol. The van der Waals surface area contributed by atoms with E-state index in [9.17, 15) is 8.42 Å². The van der Waals surface area contributed by atoms with E-state index in [1.54, 1.807) is 12.3 Å². The summed E-state index contributed by atoms with van der Waals surface area (Å²) in [4.78, 5) is 12.3. The molecule has 10 heteroatoms. The standard InChI is InChI=1S/C19H22ClN5O3S/c1-28-15-8-12(29(2,26)27)6-7-14(15)23-19-24-17(21-9-11-4-3-5-11)16-13(20)10-22-18(16)25-19/h6-8,10-11H,3-5,9H2,1-2H3,(H3,21,22,23,24,25). The number of ether oxygens (including phenoxy) is 1. The first-order valence-electron chi connectivity index (χ1n) is 9.29. The van der Waals surface area contributed by atoms with E-state index in [1.807, 2.05) is 0 Å². The summed E-state index contributed by atoms with van der Waals surface area (Å²) in [5.74, 6) is 2.03. The number of benzene rings is 1. The molecule has 1 aliphatic rings. The topological polar surface area (TPSA) is 109 Å². The van der Waals surface area contributed by atoms with Crippen molar-refractivity contribution in [1.82, 2.24) is 15.0 Å². The number of H-pyrrole nitrogens is 1. The fraction of sp³-hybridized carbons (Fsp3) is 0.368. The van der Waals surface area contributed by atoms with Crippen molar-refractivity contribution in [3.05, 3.63) is 29.4 Å². The largest absolute Gasteiger partial charge is 0.495 e. The average molecular weight is 436 g/mol. The van der Waals surface area contributed by atoms with Gasteiger partial charge in [0.25, 0.3) is 0 Å². The number of hydrogen-bond donors (Lipinski definition) is 3. The fourth-order valence-corrected chi connectivity index (χ4v) is 4.11. The van der Waals surface area contributed by atoms with E-state index in [4.69, 9.17) is 16.3 Å². The van der Waals surface area contributed by atoms with Crippen LogP contribution < -0.4 is 15.4 Å². The molecule has 0 saturated heterocycles. The number of aromatic nitrogens is 3. The third-order valence-corrected chi connectivity index (χ3v) is 6.52. The van der Waals surface area contributed by atoms with Gasteiger partial charge in [0.1, 0.15) is 17.2 Å². The molecule has 1 fully saturated rings. The maximum atomic E-state index is 11.8. The molecule has 0 radical (unpaired) electrons. The number of anilines is 3. The Kier molecular flexibility index (Phi) is 5.26. The van der Waals surface area contributed by atoms with E-state index in [2.05, 4.69) is 25.6 Å². The summed E-state index contributed by atoms with van der Waals surface area (Å²) in [5.41, 5.74) is 1.16. The summed E-state index contributed by atoms with van der Waals surface area (Å²) in [7, 11) is -1.86. The lowest BCUT2D eigenvalue weighted by Crippen LogP contribution is -2.21. The minimum Gasteiger partial charge on any atom is -0.495 e. The highest BCUT2D eigenvalue weighted by Gasteiger charge is 2.20. The lowest BCUT2D eigenvalue weighted by atomic mass is 9.85. The summed E-state index contributed by atoms with van der Waals surface area (Å²) < 4.78 is 28.9. The first kappa shape index (κ1) is 19.8. The zero-order chi connectivity index (χ0) is 20.6. The van der Waals surface area contributed by atoms with Gasteiger partial charge in [0.15, 0.2) is 9.84 Å². The molecule has 4 rings (SSSR count). The van der Waals surface area contributed by atoms with E-state index >= 15 is 0 Å². The molecule has 154 valence electrons. The third kappa shape index (κ3) is 4.11. The van der Waals surface area contributed by atoms with Gasteiger partial charge in [0.05, 0.1) is 28.1 Å². The fourth-order valence-electron chi connectivity index (χ4n) is 3.24. The summed E-state index contributed by atoms with van der Waals surface area (Å²) in [5, 5.41) is 7.81. The molecule has 8 nitrogen and oxygen atoms in total. The van der Waals surface area contributed by atoms with Gasteiger partial charge in [0, 0.05) is 25.1 Å². The molecule has 0 bridgehead atoms. The van der Waals surface area contributed by atoms with Crippen LogP contribution >= 0.6 is 11.6 Å². The van der Waals surface area contributed by atoms with Crippen LogP contribution in [0.5, 0.6) is 5.75 Å². The van der Waals surface area contributed by atoms with E-state index in [0.717, 1.165) is 18.2 Å². The van der Waals surface area contributed by atoms with E-state index in [0.29, 0.717) is 39.8 Å². The maximum Gasteiger partial charge on any atom is 0.231 e. The van der Waals surface area contributed by atoms with Crippen LogP contribution in [0.25, 0.3) is 11.0 Å². The number of aromatic amines is 1. The van der Waals surface area contributed by atoms with Crippen molar-refractivity contribution in [2.75, 3.05) is 30.5 Å². The van der Waals surface area contributed by atoms with Gasteiger partial charge in [-0.2, -0.15) is 9.97 Å². The minimum absolute atomic E-state index is 0.176. The van der Waals surface area contributed by atoms with Crippen LogP contribution in [0.15, 0.2) is 29.3 Å². The van der Waals surface area contributed by atoms with Crippen LogP contribution in [0.3, 0.4) is 0 Å². The Labute approximate surface area is 174 Å². The Morgan fingerprint density at radius 1 is 1.31 bits per heavy atom. The second-order valence-electron chi connectivity index (χ2n) is 7.19. The van der Waals surface area contributed by atoms with Crippen molar-refractivity contribution in [2.45, 2.75) is 24.2 Å². The molecule has 1 saturated carbocycles. The van der Waals surface area contributed by atoms with E-state index in [1.165, 1.54) is 38.5 Å². The summed E-state index contributed by atoms with van der Waals surface area (Å²) in [6.07, 6.45) is 6.54. The number of methoxy groups -OCH3 is 1. The summed E-state index contributed by atoms with van der Waals surface area (Å²) >= 11 is 6.31. The van der Waals surface area contributed by atoms with Crippen molar-refractivity contribution >= 4 is 49.9 Å². The van der Waals surface area contributed by atoms with Gasteiger partial charge in [-0.3, -0.25) is 0 Å². The number of halogens is 1. The highest BCUT2D eigenvalue weighted by molar-refractivity contribution is 7.90. The number of sulfone groups is 1. The molecule has 0 aliphatic heterocycles. The van der Waals surface area contributed by atoms with Gasteiger partial charge < -0.3 is 20.4 Å². The SMILES string of the molecule is COc1cc(S(C)(=O)=O)ccc1Nc1nc(NCC2CCC2)c2c(Cl)c[nH]c2n1. The van der Waals surface area contributed by atoms with Crippen molar-refractivity contribution in [1.29, 1.82) is 0 Å². The van der Waals surface area contributed by atoms with Gasteiger partial charge in [-0.05, 0) is 30.9 Å². The Morgan fingerprint density at radius 3 is 2.76 bits per heavy atom. The second-order valence-corrected chi connectivity index (χ2v) is 9.62. The van der Waals surface area contributed by atoms with Crippen molar-refractivity contribution < 1.29 is 13.2 Å². The van der Waals surface area contributed by atoms with Gasteiger partial charge in [-0.25, -0.2) is 8.42 Å². The van der Waals surface area contributed by atoms with Crippen molar-refractivity contribution in [3.8, 4) is 5.75 Å². The Morgan fingerprint density at radius 2 is 2.10 bits per heavy atom. The maximum absolute atomic E-state index is 11.8. The van der Waals surface area contributed by atoms with E-state index in [-0.39, 0.29) is 4.90 Å². The average Bonchev–Trinajstić information content (AvgIpc) is 3.01. The molecule has 1 aromatic carbocycles. The summed E-state index contributed by atoms with van der Waals surface area (Å²) in [6.45, 7) is 0.833. The first-order chi connectivity index (χ1) is 13.8. The van der Waals surface area contributed by atoms with Gasteiger partial charge >= 0.3 is 0 Å². The minimum atomic E-state index is -3.34. The Balaban J connectivity index is 1.67. The predicted molar refractivity (Wildman–Crippen MR) is 114 cm³/mol. The van der Waals surface area contributed by atoms with Gasteiger partial charge in [-0.15, -0.1) is 0 Å². The molecule has 3 aromatic rings. The van der Waals surface area contributed by atoms with Crippen molar-refractivity contribution in [3.63, 3.8) is 0 Å². The molecule has 0 amide bonds. The molecule has 1 aliphatic carbocycles. The highest BCUT2D eigenvalue weighted by atomic mass is 35.5. The number of fused-ring (bicyclic) bond motifs is 1. The van der Waals surface area contributed by atoms with Crippen molar-refractivity contribution in [2.24, 2.45) is 5.92 Å². The number of nitrogens with zero attached hydrogens (tertiary/aromatic N) is 2. The van der Waals surface area contributed by atoms with Crippen LogP contribution in [-0.4, -0.2) is 43.3 Å². The summed E-state index contributed by atoms with van der Waals surface area (Å²) in [6, 6.07) is 4.61. The van der Waals surface area contributed by atoms with Crippen LogP contribution in [0.4, 0.5) is 17.5 Å². The molecule has 0 unspecified atom stereocenters. The lowest BCUT2D eigenvalue weighted by molar-refractivity contribution is 0.333. The molecule has 0 atom stereocenters. The third-order valence-electron chi connectivity index (χ3n) is 5.11.